The standard InChI is InChI=1S/C11H17N3O3S/c1-5(2)7(10(16)17-4)14-9(15)8-6(3)13-11(12)18-8/h5,7H,1-4H3,(H2,12,13)(H,14,15)/t7-/m0/s1. The topological polar surface area (TPSA) is 94.3 Å². The van der Waals surface area contributed by atoms with E-state index in [2.05, 4.69) is 15.0 Å². The van der Waals surface area contributed by atoms with Gasteiger partial charge in [-0.1, -0.05) is 25.2 Å². The minimum absolute atomic E-state index is 0.0630. The van der Waals surface area contributed by atoms with E-state index in [1.807, 2.05) is 13.8 Å². The molecular weight excluding hydrogens is 254 g/mol. The Morgan fingerprint density at radius 2 is 2.06 bits per heavy atom. The molecule has 1 rings (SSSR count). The number of hydrogen-bond donors (Lipinski definition) is 2. The summed E-state index contributed by atoms with van der Waals surface area (Å²) < 4.78 is 4.66. The van der Waals surface area contributed by atoms with Gasteiger partial charge in [0.25, 0.3) is 5.91 Å². The van der Waals surface area contributed by atoms with E-state index in [9.17, 15) is 9.59 Å². The zero-order valence-electron chi connectivity index (χ0n) is 10.8. The van der Waals surface area contributed by atoms with Crippen molar-refractivity contribution in [1.29, 1.82) is 0 Å². The van der Waals surface area contributed by atoms with Crippen LogP contribution in [0.15, 0.2) is 0 Å². The zero-order valence-corrected chi connectivity index (χ0v) is 11.6. The summed E-state index contributed by atoms with van der Waals surface area (Å²) in [4.78, 5) is 27.9. The molecular formula is C11H17N3O3S. The van der Waals surface area contributed by atoms with E-state index in [0.717, 1.165) is 11.3 Å². The van der Waals surface area contributed by atoms with Crippen LogP contribution in [0, 0.1) is 12.8 Å². The van der Waals surface area contributed by atoms with E-state index < -0.39 is 12.0 Å². The Bertz CT molecular complexity index is 456. The Labute approximate surface area is 110 Å². The van der Waals surface area contributed by atoms with Crippen LogP contribution in [0.1, 0.15) is 29.2 Å². The average molecular weight is 271 g/mol. The monoisotopic (exact) mass is 271 g/mol. The van der Waals surface area contributed by atoms with E-state index in [1.54, 1.807) is 6.92 Å². The molecule has 1 aromatic heterocycles. The van der Waals surface area contributed by atoms with Gasteiger partial charge < -0.3 is 15.8 Å². The van der Waals surface area contributed by atoms with Crippen LogP contribution in [0.5, 0.6) is 0 Å². The summed E-state index contributed by atoms with van der Waals surface area (Å²) >= 11 is 1.10. The molecule has 0 fully saturated rings. The van der Waals surface area contributed by atoms with Crippen molar-refractivity contribution in [3.8, 4) is 0 Å². The second kappa shape index (κ2) is 5.81. The van der Waals surface area contributed by atoms with Crippen LogP contribution >= 0.6 is 11.3 Å². The molecule has 0 aliphatic carbocycles. The van der Waals surface area contributed by atoms with Gasteiger partial charge in [0.2, 0.25) is 0 Å². The van der Waals surface area contributed by atoms with Gasteiger partial charge in [-0.2, -0.15) is 0 Å². The maximum atomic E-state index is 12.0. The molecule has 0 spiro atoms. The first kappa shape index (κ1) is 14.4. The smallest absolute Gasteiger partial charge is 0.328 e. The number of nitrogens with zero attached hydrogens (tertiary/aromatic N) is 1. The second-order valence-electron chi connectivity index (χ2n) is 4.18. The molecule has 0 bridgehead atoms. The fourth-order valence-corrected chi connectivity index (χ4v) is 2.20. The van der Waals surface area contributed by atoms with E-state index in [1.165, 1.54) is 7.11 Å². The van der Waals surface area contributed by atoms with Crippen molar-refractivity contribution in [3.05, 3.63) is 10.6 Å². The van der Waals surface area contributed by atoms with E-state index in [-0.39, 0.29) is 11.8 Å². The quantitative estimate of drug-likeness (QED) is 0.795. The zero-order chi connectivity index (χ0) is 13.9. The Morgan fingerprint density at radius 1 is 1.44 bits per heavy atom. The van der Waals surface area contributed by atoms with Crippen molar-refractivity contribution in [3.63, 3.8) is 0 Å². The van der Waals surface area contributed by atoms with Crippen molar-refractivity contribution in [1.82, 2.24) is 10.3 Å². The lowest BCUT2D eigenvalue weighted by atomic mass is 10.0. The molecule has 0 unspecified atom stereocenters. The molecule has 0 aromatic carbocycles. The number of carbonyl (C=O) groups is 2. The first-order chi connectivity index (χ1) is 8.36. The molecule has 0 aliphatic rings. The van der Waals surface area contributed by atoms with E-state index in [4.69, 9.17) is 5.73 Å². The summed E-state index contributed by atoms with van der Waals surface area (Å²) in [6, 6.07) is -0.676. The number of amides is 1. The van der Waals surface area contributed by atoms with E-state index >= 15 is 0 Å². The van der Waals surface area contributed by atoms with Gasteiger partial charge in [-0.15, -0.1) is 0 Å². The number of carbonyl (C=O) groups excluding carboxylic acids is 2. The van der Waals surface area contributed by atoms with Crippen molar-refractivity contribution in [2.45, 2.75) is 26.8 Å². The molecule has 3 N–H and O–H groups in total. The predicted octanol–water partition coefficient (Wildman–Crippen LogP) is 0.961. The number of esters is 1. The minimum atomic E-state index is -0.676. The molecule has 1 atom stereocenters. The van der Waals surface area contributed by atoms with Crippen molar-refractivity contribution >= 4 is 28.3 Å². The van der Waals surface area contributed by atoms with Crippen LogP contribution in [-0.4, -0.2) is 30.0 Å². The third-order valence-corrected chi connectivity index (χ3v) is 3.41. The normalized spacial score (nSPS) is 12.3. The van der Waals surface area contributed by atoms with Gasteiger partial charge in [0.15, 0.2) is 5.13 Å². The SMILES string of the molecule is COC(=O)[C@@H](NC(=O)c1sc(N)nc1C)C(C)C. The predicted molar refractivity (Wildman–Crippen MR) is 69.4 cm³/mol. The van der Waals surface area contributed by atoms with Gasteiger partial charge in [-0.3, -0.25) is 4.79 Å². The lowest BCUT2D eigenvalue weighted by Gasteiger charge is -2.19. The molecule has 6 nitrogen and oxygen atoms in total. The highest BCUT2D eigenvalue weighted by Gasteiger charge is 2.26. The number of methoxy groups -OCH3 is 1. The largest absolute Gasteiger partial charge is 0.467 e. The Balaban J connectivity index is 2.85. The Morgan fingerprint density at radius 3 is 2.44 bits per heavy atom. The minimum Gasteiger partial charge on any atom is -0.467 e. The number of ether oxygens (including phenoxy) is 1. The highest BCUT2D eigenvalue weighted by atomic mass is 32.1. The Kier molecular flexibility index (Phi) is 4.66. The molecule has 0 saturated heterocycles. The van der Waals surface area contributed by atoms with Crippen LogP contribution in [-0.2, 0) is 9.53 Å². The summed E-state index contributed by atoms with van der Waals surface area (Å²) in [5, 5.41) is 2.97. The van der Waals surface area contributed by atoms with Gasteiger partial charge in [-0.25, -0.2) is 9.78 Å². The van der Waals surface area contributed by atoms with Crippen molar-refractivity contribution < 1.29 is 14.3 Å². The highest BCUT2D eigenvalue weighted by Crippen LogP contribution is 2.20. The van der Waals surface area contributed by atoms with Gasteiger partial charge >= 0.3 is 5.97 Å². The summed E-state index contributed by atoms with van der Waals surface area (Å²) in [5.74, 6) is -0.883. The number of thiazole rings is 1. The molecule has 7 heteroatoms. The molecule has 0 radical (unpaired) electrons. The molecule has 100 valence electrons. The van der Waals surface area contributed by atoms with Crippen LogP contribution in [0.2, 0.25) is 0 Å². The maximum Gasteiger partial charge on any atom is 0.328 e. The lowest BCUT2D eigenvalue weighted by molar-refractivity contribution is -0.144. The van der Waals surface area contributed by atoms with Crippen LogP contribution < -0.4 is 11.1 Å². The number of nitrogens with two attached hydrogens (primary N) is 1. The van der Waals surface area contributed by atoms with E-state index in [0.29, 0.717) is 15.7 Å². The molecule has 1 amide bonds. The lowest BCUT2D eigenvalue weighted by Crippen LogP contribution is -2.44. The molecule has 18 heavy (non-hydrogen) atoms. The van der Waals surface area contributed by atoms with Gasteiger partial charge in [0, 0.05) is 0 Å². The first-order valence-corrected chi connectivity index (χ1v) is 6.30. The number of aromatic nitrogens is 1. The molecule has 1 heterocycles. The number of nitrogens with one attached hydrogen (secondary N) is 1. The summed E-state index contributed by atoms with van der Waals surface area (Å²) in [5.41, 5.74) is 6.09. The van der Waals surface area contributed by atoms with Crippen LogP contribution in [0.3, 0.4) is 0 Å². The third kappa shape index (κ3) is 3.19. The number of anilines is 1. The summed E-state index contributed by atoms with van der Waals surface area (Å²) in [7, 11) is 1.29. The fraction of sp³-hybridized carbons (Fsp3) is 0.545. The number of aryl methyl sites for hydroxylation is 1. The van der Waals surface area contributed by atoms with Crippen LogP contribution in [0.4, 0.5) is 5.13 Å². The first-order valence-electron chi connectivity index (χ1n) is 5.48. The molecule has 0 saturated carbocycles. The van der Waals surface area contributed by atoms with Crippen molar-refractivity contribution in [2.24, 2.45) is 5.92 Å². The summed E-state index contributed by atoms with van der Waals surface area (Å²) in [6.07, 6.45) is 0. The van der Waals surface area contributed by atoms with Gasteiger partial charge in [0.1, 0.15) is 10.9 Å². The third-order valence-electron chi connectivity index (χ3n) is 2.43. The summed E-state index contributed by atoms with van der Waals surface area (Å²) in [6.45, 7) is 5.36. The second-order valence-corrected chi connectivity index (χ2v) is 5.22. The van der Waals surface area contributed by atoms with Crippen molar-refractivity contribution in [2.75, 3.05) is 12.8 Å². The number of nitrogen functional groups attached to an aromatic ring is 1. The number of hydrogen-bond acceptors (Lipinski definition) is 6. The number of rotatable bonds is 4. The van der Waals surface area contributed by atoms with Gasteiger partial charge in [-0.05, 0) is 12.8 Å². The fourth-order valence-electron chi connectivity index (χ4n) is 1.46. The van der Waals surface area contributed by atoms with Crippen LogP contribution in [0.25, 0.3) is 0 Å². The van der Waals surface area contributed by atoms with Gasteiger partial charge in [0.05, 0.1) is 12.8 Å². The molecule has 0 aliphatic heterocycles. The average Bonchev–Trinajstić information content (AvgIpc) is 2.63. The maximum absolute atomic E-state index is 12.0. The highest BCUT2D eigenvalue weighted by molar-refractivity contribution is 7.17. The molecule has 1 aromatic rings. The Hall–Kier alpha value is -1.63.